The van der Waals surface area contributed by atoms with E-state index < -0.39 is 5.97 Å². The van der Waals surface area contributed by atoms with E-state index in [1.807, 2.05) is 25.3 Å². The van der Waals surface area contributed by atoms with Gasteiger partial charge in [-0.2, -0.15) is 0 Å². The number of pyridine rings is 2. The molecule has 0 amide bonds. The van der Waals surface area contributed by atoms with Crippen molar-refractivity contribution >= 4 is 5.97 Å². The monoisotopic (exact) mass is 257 g/mol. The Hall–Kier alpha value is -2.27. The van der Waals surface area contributed by atoms with Crippen molar-refractivity contribution in [3.05, 3.63) is 59.7 Å². The Balaban J connectivity index is 1.93. The van der Waals surface area contributed by atoms with Crippen LogP contribution in [0.1, 0.15) is 34.6 Å². The Morgan fingerprint density at radius 1 is 1.37 bits per heavy atom. The highest BCUT2D eigenvalue weighted by Crippen LogP contribution is 2.10. The average molecular weight is 257 g/mol. The first kappa shape index (κ1) is 13.2. The van der Waals surface area contributed by atoms with Gasteiger partial charge >= 0.3 is 5.97 Å². The number of hydrogen-bond acceptors (Lipinski definition) is 4. The summed E-state index contributed by atoms with van der Waals surface area (Å²) in [4.78, 5) is 18.9. The molecule has 0 radical (unpaired) electrons. The second-order valence-corrected chi connectivity index (χ2v) is 4.23. The highest BCUT2D eigenvalue weighted by molar-refractivity contribution is 5.87. The number of nitrogens with one attached hydrogen (secondary N) is 1. The summed E-state index contributed by atoms with van der Waals surface area (Å²) >= 11 is 0. The van der Waals surface area contributed by atoms with Crippen molar-refractivity contribution in [2.75, 3.05) is 0 Å². The molecule has 2 N–H and O–H groups in total. The van der Waals surface area contributed by atoms with E-state index in [0.29, 0.717) is 6.54 Å². The van der Waals surface area contributed by atoms with E-state index >= 15 is 0 Å². The Morgan fingerprint density at radius 2 is 2.21 bits per heavy atom. The first-order valence-corrected chi connectivity index (χ1v) is 5.98. The van der Waals surface area contributed by atoms with E-state index in [4.69, 9.17) is 5.11 Å². The molecule has 0 aliphatic carbocycles. The Labute approximate surface area is 111 Å². The molecule has 0 bridgehead atoms. The molecule has 0 aliphatic rings. The molecule has 0 fully saturated rings. The van der Waals surface area contributed by atoms with Crippen LogP contribution in [0.2, 0.25) is 0 Å². The molecule has 0 saturated carbocycles. The maximum Gasteiger partial charge on any atom is 0.337 e. The van der Waals surface area contributed by atoms with Crippen molar-refractivity contribution < 1.29 is 9.90 Å². The third-order valence-corrected chi connectivity index (χ3v) is 2.85. The summed E-state index contributed by atoms with van der Waals surface area (Å²) in [7, 11) is 0. The minimum absolute atomic E-state index is 0.162. The lowest BCUT2D eigenvalue weighted by Crippen LogP contribution is -2.19. The number of carbonyl (C=O) groups is 1. The largest absolute Gasteiger partial charge is 0.478 e. The molecule has 98 valence electrons. The normalized spacial score (nSPS) is 12.1. The summed E-state index contributed by atoms with van der Waals surface area (Å²) in [6, 6.07) is 7.33. The van der Waals surface area contributed by atoms with Gasteiger partial charge in [0.25, 0.3) is 0 Å². The third-order valence-electron chi connectivity index (χ3n) is 2.85. The van der Waals surface area contributed by atoms with Gasteiger partial charge in [-0.25, -0.2) is 4.79 Å². The van der Waals surface area contributed by atoms with Crippen LogP contribution in [0.25, 0.3) is 0 Å². The molecule has 0 spiro atoms. The molecule has 2 aromatic rings. The van der Waals surface area contributed by atoms with Crippen LogP contribution in [-0.4, -0.2) is 21.0 Å². The molecule has 0 aromatic carbocycles. The molecule has 1 atom stereocenters. The maximum atomic E-state index is 10.7. The number of aromatic carboxylic acids is 1. The van der Waals surface area contributed by atoms with E-state index in [0.717, 1.165) is 11.3 Å². The number of hydrogen-bond donors (Lipinski definition) is 2. The smallest absolute Gasteiger partial charge is 0.337 e. The predicted molar refractivity (Wildman–Crippen MR) is 70.7 cm³/mol. The van der Waals surface area contributed by atoms with Gasteiger partial charge in [-0.15, -0.1) is 0 Å². The summed E-state index contributed by atoms with van der Waals surface area (Å²) in [6.07, 6.45) is 4.93. The number of nitrogens with zero attached hydrogens (tertiary/aromatic N) is 2. The van der Waals surface area contributed by atoms with Crippen LogP contribution >= 0.6 is 0 Å². The Bertz CT molecular complexity index is 540. The summed E-state index contributed by atoms with van der Waals surface area (Å²) in [5, 5.41) is 12.1. The van der Waals surface area contributed by atoms with Crippen LogP contribution in [0.3, 0.4) is 0 Å². The second kappa shape index (κ2) is 6.06. The Morgan fingerprint density at radius 3 is 2.79 bits per heavy atom. The van der Waals surface area contributed by atoms with Gasteiger partial charge in [-0.3, -0.25) is 9.97 Å². The standard InChI is InChI=1S/C14H15N3O2/c1-10(11-3-2-6-15-7-11)16-9-13-5-4-12(8-17-13)14(18)19/h2-8,10,16H,9H2,1H3,(H,18,19)/t10-/m0/s1. The quantitative estimate of drug-likeness (QED) is 0.857. The van der Waals surface area contributed by atoms with E-state index in [-0.39, 0.29) is 11.6 Å². The number of carboxylic acid groups (broad SMARTS) is 1. The topological polar surface area (TPSA) is 75.1 Å². The molecule has 19 heavy (non-hydrogen) atoms. The lowest BCUT2D eigenvalue weighted by Gasteiger charge is -2.13. The summed E-state index contributed by atoms with van der Waals surface area (Å²) in [6.45, 7) is 2.62. The van der Waals surface area contributed by atoms with Crippen LogP contribution in [0.5, 0.6) is 0 Å². The van der Waals surface area contributed by atoms with Gasteiger partial charge in [0.05, 0.1) is 11.3 Å². The molecule has 5 nitrogen and oxygen atoms in total. The fourth-order valence-electron chi connectivity index (χ4n) is 1.66. The molecule has 5 heteroatoms. The highest BCUT2D eigenvalue weighted by atomic mass is 16.4. The zero-order chi connectivity index (χ0) is 13.7. The first-order chi connectivity index (χ1) is 9.16. The van der Waals surface area contributed by atoms with Gasteiger partial charge in [-0.1, -0.05) is 6.07 Å². The minimum atomic E-state index is -0.962. The lowest BCUT2D eigenvalue weighted by atomic mass is 10.1. The second-order valence-electron chi connectivity index (χ2n) is 4.23. The van der Waals surface area contributed by atoms with Gasteiger partial charge in [0, 0.05) is 31.2 Å². The van der Waals surface area contributed by atoms with Crippen molar-refractivity contribution in [3.8, 4) is 0 Å². The zero-order valence-corrected chi connectivity index (χ0v) is 10.6. The highest BCUT2D eigenvalue weighted by Gasteiger charge is 2.06. The summed E-state index contributed by atoms with van der Waals surface area (Å²) in [5.41, 5.74) is 2.11. The molecule has 2 aromatic heterocycles. The lowest BCUT2D eigenvalue weighted by molar-refractivity contribution is 0.0696. The van der Waals surface area contributed by atoms with Crippen molar-refractivity contribution in [1.29, 1.82) is 0 Å². The van der Waals surface area contributed by atoms with Crippen LogP contribution in [0.15, 0.2) is 42.9 Å². The number of rotatable bonds is 5. The molecular weight excluding hydrogens is 242 g/mol. The van der Waals surface area contributed by atoms with Crippen LogP contribution in [-0.2, 0) is 6.54 Å². The Kier molecular flexibility index (Phi) is 4.20. The molecule has 0 unspecified atom stereocenters. The van der Waals surface area contributed by atoms with Gasteiger partial charge in [0.1, 0.15) is 0 Å². The summed E-state index contributed by atoms with van der Waals surface area (Å²) < 4.78 is 0. The zero-order valence-electron chi connectivity index (χ0n) is 10.6. The fraction of sp³-hybridized carbons (Fsp3) is 0.214. The van der Waals surface area contributed by atoms with Gasteiger partial charge in [0.15, 0.2) is 0 Å². The molecule has 2 rings (SSSR count). The van der Waals surface area contributed by atoms with Gasteiger partial charge < -0.3 is 10.4 Å². The molecule has 0 saturated heterocycles. The number of aromatic nitrogens is 2. The van der Waals surface area contributed by atoms with E-state index in [1.54, 1.807) is 18.3 Å². The fourth-order valence-corrected chi connectivity index (χ4v) is 1.66. The van der Waals surface area contributed by atoms with Gasteiger partial charge in [-0.05, 0) is 30.7 Å². The minimum Gasteiger partial charge on any atom is -0.478 e. The summed E-state index contributed by atoms with van der Waals surface area (Å²) in [5.74, 6) is -0.962. The third kappa shape index (κ3) is 3.59. The maximum absolute atomic E-state index is 10.7. The molecule has 2 heterocycles. The van der Waals surface area contributed by atoms with Crippen LogP contribution in [0, 0.1) is 0 Å². The predicted octanol–water partition coefficient (Wildman–Crippen LogP) is 2.03. The van der Waals surface area contributed by atoms with Gasteiger partial charge in [0.2, 0.25) is 0 Å². The van der Waals surface area contributed by atoms with Crippen molar-refractivity contribution in [1.82, 2.24) is 15.3 Å². The molecule has 0 aliphatic heterocycles. The van der Waals surface area contributed by atoms with Crippen molar-refractivity contribution in [3.63, 3.8) is 0 Å². The SMILES string of the molecule is C[C@H](NCc1ccc(C(=O)O)cn1)c1cccnc1. The van der Waals surface area contributed by atoms with Crippen molar-refractivity contribution in [2.24, 2.45) is 0 Å². The van der Waals surface area contributed by atoms with Crippen molar-refractivity contribution in [2.45, 2.75) is 19.5 Å². The van der Waals surface area contributed by atoms with E-state index in [2.05, 4.69) is 15.3 Å². The van der Waals surface area contributed by atoms with E-state index in [1.165, 1.54) is 6.20 Å². The van der Waals surface area contributed by atoms with Crippen LogP contribution in [0.4, 0.5) is 0 Å². The number of carboxylic acids is 1. The molecular formula is C14H15N3O2. The van der Waals surface area contributed by atoms with Crippen LogP contribution < -0.4 is 5.32 Å². The van der Waals surface area contributed by atoms with E-state index in [9.17, 15) is 4.79 Å². The average Bonchev–Trinajstić information content (AvgIpc) is 2.46. The first-order valence-electron chi connectivity index (χ1n) is 5.98.